The summed E-state index contributed by atoms with van der Waals surface area (Å²) in [7, 11) is 0. The SMILES string of the molecule is O=C(CF)N(CCCSc1ccncc1)Cc1ccccc1. The number of carbonyl (C=O) groups excluding carboxylic acids is 1. The van der Waals surface area contributed by atoms with E-state index in [9.17, 15) is 9.18 Å². The van der Waals surface area contributed by atoms with Crippen LogP contribution >= 0.6 is 11.8 Å². The third kappa shape index (κ3) is 5.48. The van der Waals surface area contributed by atoms with Crippen molar-refractivity contribution in [2.24, 2.45) is 0 Å². The monoisotopic (exact) mass is 318 g/mol. The number of halogens is 1. The first-order valence-corrected chi connectivity index (χ1v) is 8.18. The topological polar surface area (TPSA) is 33.2 Å². The molecule has 1 amide bonds. The maximum Gasteiger partial charge on any atom is 0.254 e. The second-order valence-corrected chi connectivity index (χ2v) is 5.99. The fourth-order valence-electron chi connectivity index (χ4n) is 2.06. The Bertz CT molecular complexity index is 565. The molecule has 0 N–H and O–H groups in total. The number of rotatable bonds is 8. The molecule has 1 aromatic heterocycles. The van der Waals surface area contributed by atoms with Crippen molar-refractivity contribution in [2.75, 3.05) is 19.0 Å². The molecular formula is C17H19FN2OS. The molecule has 2 aromatic rings. The first-order valence-electron chi connectivity index (χ1n) is 7.20. The molecule has 0 radical (unpaired) electrons. The lowest BCUT2D eigenvalue weighted by Gasteiger charge is -2.21. The van der Waals surface area contributed by atoms with Crippen molar-refractivity contribution < 1.29 is 9.18 Å². The van der Waals surface area contributed by atoms with Gasteiger partial charge in [-0.25, -0.2) is 4.39 Å². The second-order valence-electron chi connectivity index (χ2n) is 4.82. The van der Waals surface area contributed by atoms with Crippen molar-refractivity contribution >= 4 is 17.7 Å². The minimum atomic E-state index is -0.940. The van der Waals surface area contributed by atoms with Gasteiger partial charge in [-0.05, 0) is 29.9 Å². The average molecular weight is 318 g/mol. The molecule has 22 heavy (non-hydrogen) atoms. The lowest BCUT2D eigenvalue weighted by atomic mass is 10.2. The molecule has 5 heteroatoms. The van der Waals surface area contributed by atoms with Gasteiger partial charge < -0.3 is 4.90 Å². The Balaban J connectivity index is 1.81. The van der Waals surface area contributed by atoms with Gasteiger partial charge in [-0.3, -0.25) is 9.78 Å². The van der Waals surface area contributed by atoms with Crippen molar-refractivity contribution in [3.05, 3.63) is 60.4 Å². The number of hydrogen-bond donors (Lipinski definition) is 0. The molecule has 0 aliphatic rings. The highest BCUT2D eigenvalue weighted by Crippen LogP contribution is 2.17. The van der Waals surface area contributed by atoms with Gasteiger partial charge in [-0.1, -0.05) is 30.3 Å². The van der Waals surface area contributed by atoms with E-state index in [-0.39, 0.29) is 0 Å². The van der Waals surface area contributed by atoms with Gasteiger partial charge in [0.05, 0.1) is 0 Å². The zero-order valence-electron chi connectivity index (χ0n) is 12.3. The van der Waals surface area contributed by atoms with E-state index in [1.54, 1.807) is 29.1 Å². The molecule has 0 bridgehead atoms. The number of benzene rings is 1. The molecule has 0 fully saturated rings. The number of nitrogens with zero attached hydrogens (tertiary/aromatic N) is 2. The molecule has 0 saturated carbocycles. The molecular weight excluding hydrogens is 299 g/mol. The fraction of sp³-hybridized carbons (Fsp3) is 0.294. The largest absolute Gasteiger partial charge is 0.336 e. The molecule has 2 rings (SSSR count). The van der Waals surface area contributed by atoms with Crippen molar-refractivity contribution in [3.63, 3.8) is 0 Å². The summed E-state index contributed by atoms with van der Waals surface area (Å²) in [4.78, 5) is 18.4. The number of amides is 1. The van der Waals surface area contributed by atoms with E-state index in [4.69, 9.17) is 0 Å². The van der Waals surface area contributed by atoms with Crippen molar-refractivity contribution in [1.29, 1.82) is 0 Å². The first kappa shape index (κ1) is 16.5. The molecule has 0 unspecified atom stereocenters. The van der Waals surface area contributed by atoms with Crippen molar-refractivity contribution in [1.82, 2.24) is 9.88 Å². The molecule has 0 aliphatic carbocycles. The van der Waals surface area contributed by atoms with Crippen LogP contribution in [0.5, 0.6) is 0 Å². The zero-order valence-corrected chi connectivity index (χ0v) is 13.1. The van der Waals surface area contributed by atoms with E-state index in [0.717, 1.165) is 22.6 Å². The van der Waals surface area contributed by atoms with Gasteiger partial charge in [0.1, 0.15) is 0 Å². The lowest BCUT2D eigenvalue weighted by molar-refractivity contribution is -0.132. The molecule has 0 saturated heterocycles. The summed E-state index contributed by atoms with van der Waals surface area (Å²) in [5.74, 6) is 0.437. The molecule has 1 heterocycles. The Labute approximate surface area is 134 Å². The maximum atomic E-state index is 12.7. The van der Waals surface area contributed by atoms with Crippen LogP contribution in [-0.2, 0) is 11.3 Å². The predicted molar refractivity (Wildman–Crippen MR) is 87.4 cm³/mol. The maximum absolute atomic E-state index is 12.7. The van der Waals surface area contributed by atoms with E-state index >= 15 is 0 Å². The summed E-state index contributed by atoms with van der Waals surface area (Å²) >= 11 is 1.72. The summed E-state index contributed by atoms with van der Waals surface area (Å²) < 4.78 is 12.7. The summed E-state index contributed by atoms with van der Waals surface area (Å²) in [6.07, 6.45) is 4.35. The first-order chi connectivity index (χ1) is 10.8. The van der Waals surface area contributed by atoms with Crippen molar-refractivity contribution in [3.8, 4) is 0 Å². The Morgan fingerprint density at radius 1 is 1.14 bits per heavy atom. The number of hydrogen-bond acceptors (Lipinski definition) is 3. The quantitative estimate of drug-likeness (QED) is 0.551. The Hall–Kier alpha value is -1.88. The van der Waals surface area contributed by atoms with E-state index in [1.807, 2.05) is 42.5 Å². The standard InChI is InChI=1S/C17H19FN2OS/c18-13-17(21)20(14-15-5-2-1-3-6-15)11-4-12-22-16-7-9-19-10-8-16/h1-3,5-10H,4,11-14H2. The molecule has 0 aliphatic heterocycles. The van der Waals surface area contributed by atoms with E-state index in [0.29, 0.717) is 13.1 Å². The average Bonchev–Trinajstić information content (AvgIpc) is 2.58. The van der Waals surface area contributed by atoms with Gasteiger partial charge in [-0.2, -0.15) is 0 Å². The van der Waals surface area contributed by atoms with Gasteiger partial charge in [0, 0.05) is 30.4 Å². The van der Waals surface area contributed by atoms with E-state index in [2.05, 4.69) is 4.98 Å². The Morgan fingerprint density at radius 3 is 2.55 bits per heavy atom. The molecule has 0 atom stereocenters. The highest BCUT2D eigenvalue weighted by atomic mass is 32.2. The number of pyridine rings is 1. The van der Waals surface area contributed by atoms with E-state index in [1.165, 1.54) is 0 Å². The van der Waals surface area contributed by atoms with Crippen LogP contribution in [0.4, 0.5) is 4.39 Å². The molecule has 3 nitrogen and oxygen atoms in total. The van der Waals surface area contributed by atoms with Gasteiger partial charge in [0.15, 0.2) is 6.67 Å². The normalized spacial score (nSPS) is 10.4. The lowest BCUT2D eigenvalue weighted by Crippen LogP contribution is -2.32. The molecule has 0 spiro atoms. The van der Waals surface area contributed by atoms with Crippen LogP contribution in [0.25, 0.3) is 0 Å². The molecule has 1 aromatic carbocycles. The van der Waals surface area contributed by atoms with Gasteiger partial charge in [-0.15, -0.1) is 11.8 Å². The van der Waals surface area contributed by atoms with Crippen LogP contribution < -0.4 is 0 Å². The Kier molecular flexibility index (Phi) is 6.90. The predicted octanol–water partition coefficient (Wildman–Crippen LogP) is 3.56. The second kappa shape index (κ2) is 9.20. The van der Waals surface area contributed by atoms with Gasteiger partial charge >= 0.3 is 0 Å². The smallest absolute Gasteiger partial charge is 0.254 e. The number of aromatic nitrogens is 1. The number of carbonyl (C=O) groups is 1. The van der Waals surface area contributed by atoms with Crippen LogP contribution in [0.2, 0.25) is 0 Å². The Morgan fingerprint density at radius 2 is 1.86 bits per heavy atom. The fourth-order valence-corrected chi connectivity index (χ4v) is 2.88. The minimum Gasteiger partial charge on any atom is -0.336 e. The van der Waals surface area contributed by atoms with Crippen molar-refractivity contribution in [2.45, 2.75) is 17.9 Å². The third-order valence-corrected chi connectivity index (χ3v) is 4.27. The summed E-state index contributed by atoms with van der Waals surface area (Å²) in [5, 5.41) is 0. The van der Waals surface area contributed by atoms with Crippen LogP contribution in [0.3, 0.4) is 0 Å². The minimum absolute atomic E-state index is 0.447. The summed E-state index contributed by atoms with van der Waals surface area (Å²) in [5.41, 5.74) is 1.02. The summed E-state index contributed by atoms with van der Waals surface area (Å²) in [6, 6.07) is 13.6. The van der Waals surface area contributed by atoms with Crippen LogP contribution in [-0.4, -0.2) is 34.8 Å². The number of thioether (sulfide) groups is 1. The van der Waals surface area contributed by atoms with Gasteiger partial charge in [0.25, 0.3) is 5.91 Å². The molecule has 116 valence electrons. The van der Waals surface area contributed by atoms with Crippen LogP contribution in [0.15, 0.2) is 59.8 Å². The third-order valence-electron chi connectivity index (χ3n) is 3.17. The van der Waals surface area contributed by atoms with E-state index < -0.39 is 12.6 Å². The zero-order chi connectivity index (χ0) is 15.6. The van der Waals surface area contributed by atoms with Crippen LogP contribution in [0, 0.1) is 0 Å². The summed E-state index contributed by atoms with van der Waals surface area (Å²) in [6.45, 7) is 0.0869. The van der Waals surface area contributed by atoms with Gasteiger partial charge in [0.2, 0.25) is 0 Å². The van der Waals surface area contributed by atoms with Crippen LogP contribution in [0.1, 0.15) is 12.0 Å². The highest BCUT2D eigenvalue weighted by molar-refractivity contribution is 7.99. The highest BCUT2D eigenvalue weighted by Gasteiger charge is 2.13. The number of alkyl halides is 1.